The molecule has 0 aromatic heterocycles. The summed E-state index contributed by atoms with van der Waals surface area (Å²) in [4.78, 5) is 12.1. The first kappa shape index (κ1) is 14.4. The molecule has 3 N–H and O–H groups in total. The number of rotatable bonds is 6. The van der Waals surface area contributed by atoms with Crippen LogP contribution in [0.5, 0.6) is 0 Å². The molecule has 88 valence electrons. The number of hydrogen-bond acceptors (Lipinski definition) is 2. The van der Waals surface area contributed by atoms with E-state index in [2.05, 4.69) is 5.32 Å². The minimum Gasteiger partial charge on any atom is -0.392 e. The van der Waals surface area contributed by atoms with Crippen molar-refractivity contribution in [2.75, 3.05) is 0 Å². The predicted octanol–water partition coefficient (Wildman–Crippen LogP) is 1.85. The largest absolute Gasteiger partial charge is 0.392 e. The Morgan fingerprint density at radius 3 is 2.27 bits per heavy atom. The van der Waals surface area contributed by atoms with E-state index in [0.717, 1.165) is 12.8 Å². The maximum atomic E-state index is 11.7. The van der Waals surface area contributed by atoms with Crippen LogP contribution in [0.4, 0.5) is 0 Å². The van der Waals surface area contributed by atoms with E-state index in [1.54, 1.807) is 0 Å². The predicted molar refractivity (Wildman–Crippen MR) is 67.6 cm³/mol. The van der Waals surface area contributed by atoms with Crippen molar-refractivity contribution >= 4 is 23.1 Å². The van der Waals surface area contributed by atoms with Crippen LogP contribution in [0.1, 0.15) is 40.5 Å². The second-order valence-electron chi connectivity index (χ2n) is 4.28. The minimum absolute atomic E-state index is 0.00120. The molecule has 0 aliphatic heterocycles. The molecule has 0 saturated heterocycles. The summed E-state index contributed by atoms with van der Waals surface area (Å²) in [7, 11) is 0. The standard InChI is InChI=1S/C11H22N2OS/c1-5-6-9(10(12)15)13-11(14)8(4)7(2)3/h7-9H,5-6H2,1-4H3,(H2,12,15)(H,13,14). The summed E-state index contributed by atoms with van der Waals surface area (Å²) in [6.45, 7) is 8.02. The zero-order valence-electron chi connectivity index (χ0n) is 10.0. The van der Waals surface area contributed by atoms with Gasteiger partial charge in [-0.15, -0.1) is 0 Å². The maximum absolute atomic E-state index is 11.7. The van der Waals surface area contributed by atoms with E-state index in [1.165, 1.54) is 0 Å². The molecule has 0 fully saturated rings. The number of nitrogens with two attached hydrogens (primary N) is 1. The lowest BCUT2D eigenvalue weighted by Gasteiger charge is -2.21. The van der Waals surface area contributed by atoms with Crippen molar-refractivity contribution in [1.82, 2.24) is 5.32 Å². The van der Waals surface area contributed by atoms with Gasteiger partial charge in [-0.2, -0.15) is 0 Å². The van der Waals surface area contributed by atoms with E-state index >= 15 is 0 Å². The van der Waals surface area contributed by atoms with Crippen molar-refractivity contribution < 1.29 is 4.79 Å². The summed E-state index contributed by atoms with van der Waals surface area (Å²) in [6.07, 6.45) is 1.77. The van der Waals surface area contributed by atoms with Crippen molar-refractivity contribution in [3.8, 4) is 0 Å². The molecule has 2 atom stereocenters. The second-order valence-corrected chi connectivity index (χ2v) is 4.76. The van der Waals surface area contributed by atoms with Crippen LogP contribution in [0.25, 0.3) is 0 Å². The van der Waals surface area contributed by atoms with E-state index in [1.807, 2.05) is 27.7 Å². The van der Waals surface area contributed by atoms with Crippen molar-refractivity contribution in [1.29, 1.82) is 0 Å². The van der Waals surface area contributed by atoms with Gasteiger partial charge in [0.15, 0.2) is 0 Å². The zero-order valence-corrected chi connectivity index (χ0v) is 10.9. The molecule has 0 aromatic carbocycles. The Morgan fingerprint density at radius 2 is 1.93 bits per heavy atom. The molecule has 0 aliphatic rings. The van der Waals surface area contributed by atoms with Gasteiger partial charge in [-0.1, -0.05) is 46.3 Å². The molecule has 0 aliphatic carbocycles. The highest BCUT2D eigenvalue weighted by atomic mass is 32.1. The number of amides is 1. The van der Waals surface area contributed by atoms with Crippen molar-refractivity contribution in [2.24, 2.45) is 17.6 Å². The molecule has 15 heavy (non-hydrogen) atoms. The summed E-state index contributed by atoms with van der Waals surface area (Å²) >= 11 is 4.92. The molecule has 0 radical (unpaired) electrons. The van der Waals surface area contributed by atoms with Gasteiger partial charge < -0.3 is 11.1 Å². The Bertz CT molecular complexity index is 229. The van der Waals surface area contributed by atoms with Gasteiger partial charge in [0.2, 0.25) is 5.91 Å². The quantitative estimate of drug-likeness (QED) is 0.685. The van der Waals surface area contributed by atoms with Crippen molar-refractivity contribution in [3.63, 3.8) is 0 Å². The lowest BCUT2D eigenvalue weighted by Crippen LogP contribution is -2.46. The van der Waals surface area contributed by atoms with Crippen molar-refractivity contribution in [2.45, 2.75) is 46.6 Å². The molecule has 0 saturated carbocycles. The summed E-state index contributed by atoms with van der Waals surface area (Å²) in [5, 5.41) is 2.89. The van der Waals surface area contributed by atoms with Crippen LogP contribution in [-0.2, 0) is 4.79 Å². The highest BCUT2D eigenvalue weighted by molar-refractivity contribution is 7.80. The maximum Gasteiger partial charge on any atom is 0.223 e. The highest BCUT2D eigenvalue weighted by Gasteiger charge is 2.20. The lowest BCUT2D eigenvalue weighted by atomic mass is 9.96. The lowest BCUT2D eigenvalue weighted by molar-refractivity contribution is -0.126. The van der Waals surface area contributed by atoms with Gasteiger partial charge in [-0.05, 0) is 12.3 Å². The Labute approximate surface area is 97.8 Å². The average Bonchev–Trinajstić information content (AvgIpc) is 2.15. The molecule has 2 unspecified atom stereocenters. The highest BCUT2D eigenvalue weighted by Crippen LogP contribution is 2.10. The third kappa shape index (κ3) is 5.11. The van der Waals surface area contributed by atoms with E-state index in [0.29, 0.717) is 10.9 Å². The fourth-order valence-electron chi connectivity index (χ4n) is 1.18. The normalized spacial score (nSPS) is 14.7. The van der Waals surface area contributed by atoms with Gasteiger partial charge in [0.1, 0.15) is 0 Å². The van der Waals surface area contributed by atoms with Crippen molar-refractivity contribution in [3.05, 3.63) is 0 Å². The topological polar surface area (TPSA) is 55.1 Å². The van der Waals surface area contributed by atoms with Crippen LogP contribution >= 0.6 is 12.2 Å². The summed E-state index contributed by atoms with van der Waals surface area (Å²) < 4.78 is 0. The van der Waals surface area contributed by atoms with E-state index in [4.69, 9.17) is 18.0 Å². The van der Waals surface area contributed by atoms with Crippen LogP contribution in [0, 0.1) is 11.8 Å². The van der Waals surface area contributed by atoms with Crippen LogP contribution in [0.15, 0.2) is 0 Å². The molecule has 0 bridgehead atoms. The van der Waals surface area contributed by atoms with Gasteiger partial charge in [-0.3, -0.25) is 4.79 Å². The number of carbonyl (C=O) groups excluding carboxylic acids is 1. The van der Waals surface area contributed by atoms with Crippen LogP contribution in [0.2, 0.25) is 0 Å². The molecule has 1 amide bonds. The molecular formula is C11H22N2OS. The zero-order chi connectivity index (χ0) is 12.0. The summed E-state index contributed by atoms with van der Waals surface area (Å²) in [5.41, 5.74) is 5.56. The number of carbonyl (C=O) groups is 1. The van der Waals surface area contributed by atoms with Gasteiger partial charge >= 0.3 is 0 Å². The minimum atomic E-state index is -0.154. The summed E-state index contributed by atoms with van der Waals surface area (Å²) in [6, 6.07) is -0.154. The smallest absolute Gasteiger partial charge is 0.223 e. The number of nitrogens with one attached hydrogen (secondary N) is 1. The molecule has 0 heterocycles. The first-order chi connectivity index (χ1) is 6.90. The Kier molecular flexibility index (Phi) is 6.48. The van der Waals surface area contributed by atoms with Gasteiger partial charge in [0.25, 0.3) is 0 Å². The Hall–Kier alpha value is -0.640. The summed E-state index contributed by atoms with van der Waals surface area (Å²) in [5.74, 6) is 0.369. The van der Waals surface area contributed by atoms with Crippen LogP contribution in [0.3, 0.4) is 0 Å². The Morgan fingerprint density at radius 1 is 1.40 bits per heavy atom. The van der Waals surface area contributed by atoms with Crippen LogP contribution < -0.4 is 11.1 Å². The number of thiocarbonyl (C=S) groups is 1. The number of hydrogen-bond donors (Lipinski definition) is 2. The van der Waals surface area contributed by atoms with E-state index < -0.39 is 0 Å². The van der Waals surface area contributed by atoms with Gasteiger partial charge in [0.05, 0.1) is 11.0 Å². The average molecular weight is 230 g/mol. The molecule has 3 nitrogen and oxygen atoms in total. The van der Waals surface area contributed by atoms with Gasteiger partial charge in [0, 0.05) is 5.92 Å². The fraction of sp³-hybridized carbons (Fsp3) is 0.818. The second kappa shape index (κ2) is 6.77. The van der Waals surface area contributed by atoms with Gasteiger partial charge in [-0.25, -0.2) is 0 Å². The third-order valence-corrected chi connectivity index (χ3v) is 2.94. The fourth-order valence-corrected chi connectivity index (χ4v) is 1.36. The first-order valence-electron chi connectivity index (χ1n) is 5.49. The molecule has 4 heteroatoms. The molecule has 0 spiro atoms. The molecule has 0 rings (SSSR count). The van der Waals surface area contributed by atoms with E-state index in [-0.39, 0.29) is 17.9 Å². The molecular weight excluding hydrogens is 208 g/mol. The monoisotopic (exact) mass is 230 g/mol. The Balaban J connectivity index is 4.28. The SMILES string of the molecule is CCCC(NC(=O)C(C)C(C)C)C(N)=S. The van der Waals surface area contributed by atoms with Crippen LogP contribution in [-0.4, -0.2) is 16.9 Å². The first-order valence-corrected chi connectivity index (χ1v) is 5.90. The third-order valence-electron chi connectivity index (χ3n) is 2.65. The van der Waals surface area contributed by atoms with E-state index in [9.17, 15) is 4.79 Å². The molecule has 0 aromatic rings.